The zero-order chi connectivity index (χ0) is 11.7. The van der Waals surface area contributed by atoms with Gasteiger partial charge in [0.15, 0.2) is 0 Å². The minimum absolute atomic E-state index is 0.210. The van der Waals surface area contributed by atoms with Crippen LogP contribution in [0.2, 0.25) is 0 Å². The summed E-state index contributed by atoms with van der Waals surface area (Å²) in [7, 11) is 1.77. The molecule has 0 bridgehead atoms. The monoisotopic (exact) mass is 220 g/mol. The van der Waals surface area contributed by atoms with E-state index in [0.717, 1.165) is 19.3 Å². The van der Waals surface area contributed by atoms with Crippen LogP contribution in [-0.4, -0.2) is 12.2 Å². The third-order valence-electron chi connectivity index (χ3n) is 3.42. The molecule has 0 heterocycles. The van der Waals surface area contributed by atoms with Gasteiger partial charge in [0.1, 0.15) is 5.75 Å². The van der Waals surface area contributed by atoms with Gasteiger partial charge in [-0.3, -0.25) is 0 Å². The van der Waals surface area contributed by atoms with Crippen LogP contribution in [0.4, 0.5) is 0 Å². The van der Waals surface area contributed by atoms with Crippen LogP contribution >= 0.6 is 0 Å². The molecule has 1 N–H and O–H groups in total. The average Bonchev–Trinajstić information content (AvgIpc) is 2.26. The highest BCUT2D eigenvalue weighted by Crippen LogP contribution is 2.39. The summed E-state index contributed by atoms with van der Waals surface area (Å²) in [6.45, 7) is 4.33. The number of benzene rings is 1. The molecule has 16 heavy (non-hydrogen) atoms. The van der Waals surface area contributed by atoms with Crippen LogP contribution in [0.1, 0.15) is 55.4 Å². The van der Waals surface area contributed by atoms with E-state index in [1.54, 1.807) is 7.11 Å². The SMILES string of the molecule is COC1CCCc2cc(O)cc(C(C)C)c21. The first kappa shape index (κ1) is 11.5. The van der Waals surface area contributed by atoms with E-state index < -0.39 is 0 Å². The Labute approximate surface area is 97.3 Å². The molecule has 0 saturated carbocycles. The number of hydrogen-bond acceptors (Lipinski definition) is 2. The Morgan fingerprint density at radius 2 is 2.12 bits per heavy atom. The highest BCUT2D eigenvalue weighted by molar-refractivity contribution is 5.45. The third kappa shape index (κ3) is 1.94. The maximum Gasteiger partial charge on any atom is 0.116 e. The zero-order valence-electron chi connectivity index (χ0n) is 10.3. The Balaban J connectivity index is 2.56. The summed E-state index contributed by atoms with van der Waals surface area (Å²) < 4.78 is 5.57. The van der Waals surface area contributed by atoms with E-state index >= 15 is 0 Å². The Hall–Kier alpha value is -1.02. The quantitative estimate of drug-likeness (QED) is 0.826. The van der Waals surface area contributed by atoms with Crippen molar-refractivity contribution in [1.82, 2.24) is 0 Å². The highest BCUT2D eigenvalue weighted by atomic mass is 16.5. The molecular formula is C14H20O2. The molecule has 0 aliphatic heterocycles. The molecule has 0 radical (unpaired) electrons. The van der Waals surface area contributed by atoms with E-state index in [2.05, 4.69) is 13.8 Å². The minimum Gasteiger partial charge on any atom is -0.508 e. The van der Waals surface area contributed by atoms with E-state index in [0.29, 0.717) is 11.7 Å². The van der Waals surface area contributed by atoms with Crippen molar-refractivity contribution in [3.05, 3.63) is 28.8 Å². The van der Waals surface area contributed by atoms with Gasteiger partial charge in [0.05, 0.1) is 6.10 Å². The van der Waals surface area contributed by atoms with Gasteiger partial charge in [-0.25, -0.2) is 0 Å². The van der Waals surface area contributed by atoms with Crippen molar-refractivity contribution in [2.45, 2.75) is 45.1 Å². The van der Waals surface area contributed by atoms with Gasteiger partial charge in [-0.05, 0) is 54.0 Å². The van der Waals surface area contributed by atoms with Gasteiger partial charge in [-0.1, -0.05) is 13.8 Å². The molecule has 88 valence electrons. The summed E-state index contributed by atoms with van der Waals surface area (Å²) in [5.74, 6) is 0.816. The number of aromatic hydroxyl groups is 1. The molecular weight excluding hydrogens is 200 g/mol. The standard InChI is InChI=1S/C14H20O2/c1-9(2)12-8-11(15)7-10-5-4-6-13(16-3)14(10)12/h7-9,13,15H,4-6H2,1-3H3. The van der Waals surface area contributed by atoms with Crippen molar-refractivity contribution >= 4 is 0 Å². The summed E-state index contributed by atoms with van der Waals surface area (Å²) in [4.78, 5) is 0. The topological polar surface area (TPSA) is 29.5 Å². The Kier molecular flexibility index (Phi) is 3.20. The predicted molar refractivity (Wildman–Crippen MR) is 64.9 cm³/mol. The van der Waals surface area contributed by atoms with Gasteiger partial charge in [0.25, 0.3) is 0 Å². The fraction of sp³-hybridized carbons (Fsp3) is 0.571. The van der Waals surface area contributed by atoms with Crippen LogP contribution in [0.5, 0.6) is 5.75 Å². The number of phenolic OH excluding ortho intramolecular Hbond substituents is 1. The number of phenols is 1. The maximum absolute atomic E-state index is 9.74. The molecule has 1 aromatic rings. The zero-order valence-corrected chi connectivity index (χ0v) is 10.3. The molecule has 1 atom stereocenters. The van der Waals surface area contributed by atoms with Crippen LogP contribution in [-0.2, 0) is 11.2 Å². The molecule has 0 spiro atoms. The molecule has 0 aromatic heterocycles. The molecule has 1 aliphatic rings. The van der Waals surface area contributed by atoms with Gasteiger partial charge >= 0.3 is 0 Å². The molecule has 1 unspecified atom stereocenters. The van der Waals surface area contributed by atoms with Gasteiger partial charge in [-0.2, -0.15) is 0 Å². The molecule has 1 aromatic carbocycles. The number of ether oxygens (including phenoxy) is 1. The van der Waals surface area contributed by atoms with Gasteiger partial charge in [-0.15, -0.1) is 0 Å². The first-order chi connectivity index (χ1) is 7.63. The maximum atomic E-state index is 9.74. The average molecular weight is 220 g/mol. The molecule has 0 saturated heterocycles. The van der Waals surface area contributed by atoms with Crippen molar-refractivity contribution in [1.29, 1.82) is 0 Å². The second-order valence-electron chi connectivity index (χ2n) is 4.88. The van der Waals surface area contributed by atoms with E-state index in [1.807, 2.05) is 12.1 Å². The predicted octanol–water partition coefficient (Wildman–Crippen LogP) is 3.54. The van der Waals surface area contributed by atoms with Crippen LogP contribution < -0.4 is 0 Å². The largest absolute Gasteiger partial charge is 0.508 e. The van der Waals surface area contributed by atoms with Gasteiger partial charge in [0, 0.05) is 7.11 Å². The molecule has 0 amide bonds. The normalized spacial score (nSPS) is 19.9. The van der Waals surface area contributed by atoms with E-state index in [1.165, 1.54) is 16.7 Å². The molecule has 1 aliphatic carbocycles. The first-order valence-electron chi connectivity index (χ1n) is 6.02. The Bertz CT molecular complexity index is 383. The minimum atomic E-state index is 0.210. The van der Waals surface area contributed by atoms with Gasteiger partial charge in [0.2, 0.25) is 0 Å². The van der Waals surface area contributed by atoms with Crippen LogP contribution in [0, 0.1) is 0 Å². The molecule has 2 heteroatoms. The summed E-state index contributed by atoms with van der Waals surface area (Å²) >= 11 is 0. The lowest BCUT2D eigenvalue weighted by atomic mass is 9.82. The number of aryl methyl sites for hydroxylation is 1. The number of hydrogen-bond donors (Lipinski definition) is 1. The molecule has 2 nitrogen and oxygen atoms in total. The van der Waals surface area contributed by atoms with Crippen molar-refractivity contribution in [2.24, 2.45) is 0 Å². The van der Waals surface area contributed by atoms with Gasteiger partial charge < -0.3 is 9.84 Å². The van der Waals surface area contributed by atoms with Crippen LogP contribution in [0.25, 0.3) is 0 Å². The smallest absolute Gasteiger partial charge is 0.116 e. The number of methoxy groups -OCH3 is 1. The number of rotatable bonds is 2. The fourth-order valence-electron chi connectivity index (χ4n) is 2.66. The van der Waals surface area contributed by atoms with E-state index in [9.17, 15) is 5.11 Å². The summed E-state index contributed by atoms with van der Waals surface area (Å²) in [5, 5.41) is 9.74. The van der Waals surface area contributed by atoms with Crippen molar-refractivity contribution in [2.75, 3.05) is 7.11 Å². The Morgan fingerprint density at radius 1 is 1.38 bits per heavy atom. The van der Waals surface area contributed by atoms with Crippen LogP contribution in [0.3, 0.4) is 0 Å². The van der Waals surface area contributed by atoms with Crippen molar-refractivity contribution < 1.29 is 9.84 Å². The second kappa shape index (κ2) is 4.46. The molecule has 0 fully saturated rings. The third-order valence-corrected chi connectivity index (χ3v) is 3.42. The summed E-state index contributed by atoms with van der Waals surface area (Å²) in [5.41, 5.74) is 3.82. The molecule has 2 rings (SSSR count). The van der Waals surface area contributed by atoms with E-state index in [-0.39, 0.29) is 6.10 Å². The first-order valence-corrected chi connectivity index (χ1v) is 6.02. The number of fused-ring (bicyclic) bond motifs is 1. The van der Waals surface area contributed by atoms with Crippen LogP contribution in [0.15, 0.2) is 12.1 Å². The lowest BCUT2D eigenvalue weighted by Gasteiger charge is -2.28. The lowest BCUT2D eigenvalue weighted by molar-refractivity contribution is 0.0870. The fourth-order valence-corrected chi connectivity index (χ4v) is 2.66. The van der Waals surface area contributed by atoms with Crippen molar-refractivity contribution in [3.8, 4) is 5.75 Å². The van der Waals surface area contributed by atoms with Crippen molar-refractivity contribution in [3.63, 3.8) is 0 Å². The highest BCUT2D eigenvalue weighted by Gasteiger charge is 2.24. The second-order valence-corrected chi connectivity index (χ2v) is 4.88. The Morgan fingerprint density at radius 3 is 2.75 bits per heavy atom. The summed E-state index contributed by atoms with van der Waals surface area (Å²) in [6.07, 6.45) is 3.51. The lowest BCUT2D eigenvalue weighted by Crippen LogP contribution is -2.14. The summed E-state index contributed by atoms with van der Waals surface area (Å²) in [6, 6.07) is 3.78. The van der Waals surface area contributed by atoms with E-state index in [4.69, 9.17) is 4.74 Å².